The Labute approximate surface area is 153 Å². The highest BCUT2D eigenvalue weighted by Crippen LogP contribution is 2.26. The van der Waals surface area contributed by atoms with Crippen molar-refractivity contribution in [2.45, 2.75) is 26.2 Å². The van der Waals surface area contributed by atoms with Gasteiger partial charge in [-0.25, -0.2) is 4.79 Å². The van der Waals surface area contributed by atoms with Crippen LogP contribution in [0, 0.1) is 0 Å². The van der Waals surface area contributed by atoms with Gasteiger partial charge in [0.05, 0.1) is 11.3 Å². The van der Waals surface area contributed by atoms with Crippen molar-refractivity contribution in [3.05, 3.63) is 64.6 Å². The minimum absolute atomic E-state index is 0.254. The number of pyridine rings is 1. The first-order valence-electron chi connectivity index (χ1n) is 8.78. The second-order valence-corrected chi connectivity index (χ2v) is 6.55. The maximum Gasteiger partial charge on any atom is 0.335 e. The van der Waals surface area contributed by atoms with Crippen molar-refractivity contribution in [2.24, 2.45) is 4.99 Å². The lowest BCUT2D eigenvalue weighted by Gasteiger charge is -2.18. The predicted molar refractivity (Wildman–Crippen MR) is 104 cm³/mol. The number of aromatic carboxylic acids is 1. The molecule has 0 amide bonds. The summed E-state index contributed by atoms with van der Waals surface area (Å²) in [5.74, 6) is -0.940. The summed E-state index contributed by atoms with van der Waals surface area (Å²) in [6.07, 6.45) is 6.74. The van der Waals surface area contributed by atoms with E-state index in [4.69, 9.17) is 5.11 Å². The van der Waals surface area contributed by atoms with Gasteiger partial charge in [-0.3, -0.25) is 9.98 Å². The third-order valence-electron chi connectivity index (χ3n) is 4.68. The van der Waals surface area contributed by atoms with E-state index in [0.717, 1.165) is 35.6 Å². The van der Waals surface area contributed by atoms with E-state index in [9.17, 15) is 4.79 Å². The van der Waals surface area contributed by atoms with Crippen LogP contribution in [0.25, 0.3) is 6.08 Å². The summed E-state index contributed by atoms with van der Waals surface area (Å²) in [7, 11) is 0. The Kier molecular flexibility index (Phi) is 5.46. The zero-order valence-electron chi connectivity index (χ0n) is 15.0. The first-order valence-corrected chi connectivity index (χ1v) is 8.78. The molecule has 26 heavy (non-hydrogen) atoms. The average Bonchev–Trinajstić information content (AvgIpc) is 3.17. The zero-order valence-corrected chi connectivity index (χ0v) is 15.0. The van der Waals surface area contributed by atoms with Crippen LogP contribution < -0.4 is 0 Å². The van der Waals surface area contributed by atoms with E-state index in [1.165, 1.54) is 30.8 Å². The summed E-state index contributed by atoms with van der Waals surface area (Å²) in [6, 6.07) is 9.14. The fourth-order valence-corrected chi connectivity index (χ4v) is 3.28. The van der Waals surface area contributed by atoms with Crippen LogP contribution in [0.15, 0.2) is 47.2 Å². The Bertz CT molecular complexity index is 852. The highest BCUT2D eigenvalue weighted by atomic mass is 16.4. The van der Waals surface area contributed by atoms with E-state index in [1.807, 2.05) is 12.1 Å². The number of hydrogen-bond donors (Lipinski definition) is 1. The smallest absolute Gasteiger partial charge is 0.335 e. The average molecular weight is 349 g/mol. The van der Waals surface area contributed by atoms with Crippen molar-refractivity contribution in [3.63, 3.8) is 0 Å². The quantitative estimate of drug-likeness (QED) is 0.795. The number of rotatable bonds is 6. The number of carboxylic acids is 1. The molecule has 5 nitrogen and oxygen atoms in total. The van der Waals surface area contributed by atoms with Crippen molar-refractivity contribution in [1.29, 1.82) is 0 Å². The number of carbonyl (C=O) groups is 1. The number of benzene rings is 1. The molecule has 3 rings (SSSR count). The van der Waals surface area contributed by atoms with Crippen LogP contribution in [0.3, 0.4) is 0 Å². The Morgan fingerprint density at radius 3 is 2.77 bits per heavy atom. The Morgan fingerprint density at radius 1 is 1.31 bits per heavy atom. The van der Waals surface area contributed by atoms with E-state index in [2.05, 4.69) is 40.7 Å². The molecule has 2 heterocycles. The third-order valence-corrected chi connectivity index (χ3v) is 4.68. The number of likely N-dealkylation sites (tertiary alicyclic amines) is 1. The van der Waals surface area contributed by atoms with Crippen LogP contribution in [0.2, 0.25) is 0 Å². The molecule has 0 spiro atoms. The number of aromatic nitrogens is 1. The van der Waals surface area contributed by atoms with Gasteiger partial charge in [-0.2, -0.15) is 0 Å². The minimum Gasteiger partial charge on any atom is -0.478 e. The van der Waals surface area contributed by atoms with Crippen LogP contribution in [0.1, 0.15) is 46.9 Å². The van der Waals surface area contributed by atoms with Crippen molar-refractivity contribution in [2.75, 3.05) is 13.1 Å². The number of allylic oxidation sites excluding steroid dienone is 1. The van der Waals surface area contributed by atoms with Crippen LogP contribution >= 0.6 is 0 Å². The molecule has 5 heteroatoms. The molecular formula is C21H23N3O2. The summed E-state index contributed by atoms with van der Waals surface area (Å²) < 4.78 is 0. The van der Waals surface area contributed by atoms with Gasteiger partial charge in [-0.05, 0) is 62.4 Å². The number of hydrogen-bond acceptors (Lipinski definition) is 4. The first-order chi connectivity index (χ1) is 12.6. The molecule has 0 saturated carbocycles. The van der Waals surface area contributed by atoms with Crippen molar-refractivity contribution < 1.29 is 9.90 Å². The molecule has 0 aliphatic carbocycles. The molecule has 0 bridgehead atoms. The van der Waals surface area contributed by atoms with Gasteiger partial charge in [-0.15, -0.1) is 0 Å². The molecule has 1 aromatic carbocycles. The SMILES string of the molecule is C=Nc1ccc(Cc2cc(C(=O)O)ccn2)cc1/C=C(\C)N1CCCC1. The largest absolute Gasteiger partial charge is 0.478 e. The van der Waals surface area contributed by atoms with E-state index in [-0.39, 0.29) is 5.56 Å². The van der Waals surface area contributed by atoms with Crippen LogP contribution in [0.5, 0.6) is 0 Å². The van der Waals surface area contributed by atoms with Gasteiger partial charge >= 0.3 is 5.97 Å². The Morgan fingerprint density at radius 2 is 2.08 bits per heavy atom. The molecule has 1 aromatic heterocycles. The molecule has 1 fully saturated rings. The highest BCUT2D eigenvalue weighted by Gasteiger charge is 2.12. The monoisotopic (exact) mass is 349 g/mol. The van der Waals surface area contributed by atoms with Crippen molar-refractivity contribution in [3.8, 4) is 0 Å². The molecule has 1 aliphatic rings. The normalized spacial score (nSPS) is 14.5. The maximum absolute atomic E-state index is 11.1. The van der Waals surface area contributed by atoms with Gasteiger partial charge in [0.1, 0.15) is 0 Å². The molecule has 134 valence electrons. The van der Waals surface area contributed by atoms with Gasteiger partial charge in [0, 0.05) is 42.7 Å². The zero-order chi connectivity index (χ0) is 18.5. The lowest BCUT2D eigenvalue weighted by Crippen LogP contribution is -2.16. The van der Waals surface area contributed by atoms with Gasteiger partial charge in [-0.1, -0.05) is 6.07 Å². The lowest BCUT2D eigenvalue weighted by atomic mass is 10.0. The van der Waals surface area contributed by atoms with Crippen molar-refractivity contribution >= 4 is 24.5 Å². The summed E-state index contributed by atoms with van der Waals surface area (Å²) in [5, 5.41) is 9.13. The molecular weight excluding hydrogens is 326 g/mol. The second kappa shape index (κ2) is 7.95. The van der Waals surface area contributed by atoms with Crippen LogP contribution in [-0.4, -0.2) is 40.8 Å². The number of carboxylic acid groups (broad SMARTS) is 1. The summed E-state index contributed by atoms with van der Waals surface area (Å²) in [6.45, 7) is 8.00. The van der Waals surface area contributed by atoms with Crippen LogP contribution in [-0.2, 0) is 6.42 Å². The molecule has 0 radical (unpaired) electrons. The summed E-state index contributed by atoms with van der Waals surface area (Å²) >= 11 is 0. The highest BCUT2D eigenvalue weighted by molar-refractivity contribution is 5.87. The van der Waals surface area contributed by atoms with Crippen LogP contribution in [0.4, 0.5) is 5.69 Å². The van der Waals surface area contributed by atoms with E-state index in [0.29, 0.717) is 6.42 Å². The van der Waals surface area contributed by atoms with Crippen molar-refractivity contribution in [1.82, 2.24) is 9.88 Å². The van der Waals surface area contributed by atoms with Gasteiger partial charge in [0.2, 0.25) is 0 Å². The number of nitrogens with zero attached hydrogens (tertiary/aromatic N) is 3. The van der Waals surface area contributed by atoms with E-state index >= 15 is 0 Å². The number of aliphatic imine (C=N–C) groups is 1. The summed E-state index contributed by atoms with van der Waals surface area (Å²) in [5.41, 5.74) is 5.15. The Balaban J connectivity index is 1.87. The van der Waals surface area contributed by atoms with Gasteiger partial charge in [0.15, 0.2) is 0 Å². The minimum atomic E-state index is -0.940. The Hall–Kier alpha value is -2.95. The predicted octanol–water partition coefficient (Wildman–Crippen LogP) is 4.16. The molecule has 1 aliphatic heterocycles. The standard InChI is InChI=1S/C21H23N3O2/c1-15(24-9-3-4-10-24)11-18-12-16(5-6-20(18)22-2)13-19-14-17(21(25)26)7-8-23-19/h5-8,11-12,14H,2-4,9-10,13H2,1H3,(H,25,26)/b15-11+. The molecule has 2 aromatic rings. The first kappa shape index (κ1) is 17.9. The van der Waals surface area contributed by atoms with Gasteiger partial charge in [0.25, 0.3) is 0 Å². The summed E-state index contributed by atoms with van der Waals surface area (Å²) in [4.78, 5) is 21.9. The van der Waals surface area contributed by atoms with E-state index in [1.54, 1.807) is 6.07 Å². The third kappa shape index (κ3) is 4.17. The molecule has 0 unspecified atom stereocenters. The topological polar surface area (TPSA) is 65.8 Å². The van der Waals surface area contributed by atoms with E-state index < -0.39 is 5.97 Å². The molecule has 1 N–H and O–H groups in total. The van der Waals surface area contributed by atoms with Gasteiger partial charge < -0.3 is 10.0 Å². The maximum atomic E-state index is 11.1. The fraction of sp³-hybridized carbons (Fsp3) is 0.286. The second-order valence-electron chi connectivity index (χ2n) is 6.55. The fourth-order valence-electron chi connectivity index (χ4n) is 3.28. The lowest BCUT2D eigenvalue weighted by molar-refractivity contribution is 0.0696. The molecule has 1 saturated heterocycles. The molecule has 0 atom stereocenters.